The third-order valence-electron chi connectivity index (χ3n) is 4.06. The van der Waals surface area contributed by atoms with Crippen LogP contribution in [0.15, 0.2) is 18.2 Å². The maximum absolute atomic E-state index is 5.52. The maximum Gasteiger partial charge on any atom is 0.122 e. The molecule has 2 heteroatoms. The molecule has 0 saturated carbocycles. The van der Waals surface area contributed by atoms with Crippen LogP contribution >= 0.6 is 0 Å². The first-order valence-corrected chi connectivity index (χ1v) is 6.29. The van der Waals surface area contributed by atoms with Crippen LogP contribution in [0.25, 0.3) is 0 Å². The fourth-order valence-electron chi connectivity index (χ4n) is 3.32. The molecule has 1 heterocycles. The molecule has 1 aliphatic carbocycles. The lowest BCUT2D eigenvalue weighted by Gasteiger charge is -2.21. The van der Waals surface area contributed by atoms with Gasteiger partial charge in [0.25, 0.3) is 0 Å². The molecule has 16 heavy (non-hydrogen) atoms. The summed E-state index contributed by atoms with van der Waals surface area (Å²) in [5, 5.41) is 3.64. The second kappa shape index (κ2) is 4.10. The molecule has 1 aliphatic heterocycles. The molecule has 2 unspecified atom stereocenters. The van der Waals surface area contributed by atoms with Gasteiger partial charge in [0, 0.05) is 17.5 Å². The van der Waals surface area contributed by atoms with Crippen molar-refractivity contribution in [1.82, 2.24) is 5.32 Å². The quantitative estimate of drug-likeness (QED) is 0.821. The molecule has 1 aromatic rings. The summed E-state index contributed by atoms with van der Waals surface area (Å²) in [5.41, 5.74) is 2.97. The van der Waals surface area contributed by atoms with Crippen LogP contribution in [0.1, 0.15) is 36.3 Å². The minimum atomic E-state index is 0.675. The van der Waals surface area contributed by atoms with Crippen molar-refractivity contribution in [2.24, 2.45) is 0 Å². The second-order valence-electron chi connectivity index (χ2n) is 4.88. The van der Waals surface area contributed by atoms with Gasteiger partial charge in [-0.1, -0.05) is 12.1 Å². The number of rotatable bonds is 2. The van der Waals surface area contributed by atoms with E-state index in [2.05, 4.69) is 23.5 Å². The number of benzene rings is 1. The third kappa shape index (κ3) is 1.52. The van der Waals surface area contributed by atoms with Gasteiger partial charge in [0.15, 0.2) is 0 Å². The average Bonchev–Trinajstić information content (AvgIpc) is 2.96. The lowest BCUT2D eigenvalue weighted by molar-refractivity contribution is 0.397. The first kappa shape index (κ1) is 10.2. The van der Waals surface area contributed by atoms with Gasteiger partial charge in [0.1, 0.15) is 5.75 Å². The lowest BCUT2D eigenvalue weighted by Crippen LogP contribution is -2.27. The van der Waals surface area contributed by atoms with Crippen LogP contribution < -0.4 is 10.1 Å². The van der Waals surface area contributed by atoms with Crippen LogP contribution in [0.5, 0.6) is 5.75 Å². The van der Waals surface area contributed by atoms with Crippen molar-refractivity contribution in [2.75, 3.05) is 13.7 Å². The minimum Gasteiger partial charge on any atom is -0.496 e. The molecule has 0 amide bonds. The normalized spacial score (nSPS) is 28.1. The third-order valence-corrected chi connectivity index (χ3v) is 4.06. The zero-order valence-corrected chi connectivity index (χ0v) is 9.83. The molecule has 1 aromatic carbocycles. The van der Waals surface area contributed by atoms with Gasteiger partial charge in [-0.3, -0.25) is 0 Å². The van der Waals surface area contributed by atoms with E-state index in [-0.39, 0.29) is 0 Å². The fraction of sp³-hybridized carbons (Fsp3) is 0.571. The molecule has 2 atom stereocenters. The number of ether oxygens (including phenoxy) is 1. The maximum atomic E-state index is 5.52. The number of nitrogens with one attached hydrogen (secondary N) is 1. The molecular formula is C14H19NO. The Balaban J connectivity index is 1.96. The topological polar surface area (TPSA) is 21.3 Å². The van der Waals surface area contributed by atoms with Gasteiger partial charge in [0.2, 0.25) is 0 Å². The molecule has 86 valence electrons. The molecule has 1 fully saturated rings. The van der Waals surface area contributed by atoms with Crippen molar-refractivity contribution in [3.05, 3.63) is 29.3 Å². The van der Waals surface area contributed by atoms with Gasteiger partial charge in [-0.2, -0.15) is 0 Å². The van der Waals surface area contributed by atoms with Gasteiger partial charge < -0.3 is 10.1 Å². The minimum absolute atomic E-state index is 0.675. The first-order valence-electron chi connectivity index (χ1n) is 6.29. The molecule has 0 bridgehead atoms. The summed E-state index contributed by atoms with van der Waals surface area (Å²) in [6.45, 7) is 1.19. The van der Waals surface area contributed by atoms with Crippen molar-refractivity contribution < 1.29 is 4.74 Å². The molecular weight excluding hydrogens is 198 g/mol. The van der Waals surface area contributed by atoms with E-state index in [9.17, 15) is 0 Å². The Bertz CT molecular complexity index is 382. The van der Waals surface area contributed by atoms with Crippen LogP contribution in [-0.2, 0) is 6.42 Å². The van der Waals surface area contributed by atoms with Crippen molar-refractivity contribution in [2.45, 2.75) is 37.6 Å². The lowest BCUT2D eigenvalue weighted by atomic mass is 9.91. The van der Waals surface area contributed by atoms with E-state index in [0.29, 0.717) is 12.0 Å². The Kier molecular flexibility index (Phi) is 2.60. The zero-order valence-electron chi connectivity index (χ0n) is 9.83. The second-order valence-corrected chi connectivity index (χ2v) is 4.88. The van der Waals surface area contributed by atoms with Crippen molar-refractivity contribution in [3.63, 3.8) is 0 Å². The van der Waals surface area contributed by atoms with Crippen LogP contribution in [0, 0.1) is 0 Å². The highest BCUT2D eigenvalue weighted by molar-refractivity contribution is 5.46. The monoisotopic (exact) mass is 217 g/mol. The summed E-state index contributed by atoms with van der Waals surface area (Å²) in [6, 6.07) is 7.15. The van der Waals surface area contributed by atoms with Gasteiger partial charge in [0.05, 0.1) is 7.11 Å². The molecule has 1 N–H and O–H groups in total. The summed E-state index contributed by atoms with van der Waals surface area (Å²) < 4.78 is 5.52. The van der Waals surface area contributed by atoms with Gasteiger partial charge in [-0.15, -0.1) is 0 Å². The van der Waals surface area contributed by atoms with Crippen LogP contribution in [0.4, 0.5) is 0 Å². The summed E-state index contributed by atoms with van der Waals surface area (Å²) in [5.74, 6) is 1.77. The number of aryl methyl sites for hydroxylation is 1. The number of fused-ring (bicyclic) bond motifs is 1. The highest BCUT2D eigenvalue weighted by Gasteiger charge is 2.33. The Morgan fingerprint density at radius 3 is 3.00 bits per heavy atom. The van der Waals surface area contributed by atoms with Crippen molar-refractivity contribution in [3.8, 4) is 5.75 Å². The molecule has 0 aromatic heterocycles. The number of hydrogen-bond acceptors (Lipinski definition) is 2. The highest BCUT2D eigenvalue weighted by atomic mass is 16.5. The van der Waals surface area contributed by atoms with Crippen LogP contribution in [0.3, 0.4) is 0 Å². The Morgan fingerprint density at radius 2 is 2.25 bits per heavy atom. The van der Waals surface area contributed by atoms with Crippen LogP contribution in [-0.4, -0.2) is 19.7 Å². The fourth-order valence-corrected chi connectivity index (χ4v) is 3.32. The molecule has 0 radical (unpaired) electrons. The van der Waals surface area contributed by atoms with E-state index >= 15 is 0 Å². The molecule has 2 nitrogen and oxygen atoms in total. The van der Waals surface area contributed by atoms with E-state index in [1.54, 1.807) is 7.11 Å². The largest absolute Gasteiger partial charge is 0.496 e. The van der Waals surface area contributed by atoms with Crippen LogP contribution in [0.2, 0.25) is 0 Å². The smallest absolute Gasteiger partial charge is 0.122 e. The van der Waals surface area contributed by atoms with Gasteiger partial charge >= 0.3 is 0 Å². The van der Waals surface area contributed by atoms with E-state index in [0.717, 1.165) is 5.75 Å². The molecule has 2 aliphatic rings. The van der Waals surface area contributed by atoms with E-state index < -0.39 is 0 Å². The van der Waals surface area contributed by atoms with E-state index in [1.165, 1.54) is 43.4 Å². The highest BCUT2D eigenvalue weighted by Crippen LogP contribution is 2.42. The number of hydrogen-bond donors (Lipinski definition) is 1. The molecule has 1 saturated heterocycles. The molecule has 0 spiro atoms. The van der Waals surface area contributed by atoms with E-state index in [1.807, 2.05) is 0 Å². The summed E-state index contributed by atoms with van der Waals surface area (Å²) in [6.07, 6.45) is 5.15. The van der Waals surface area contributed by atoms with Gasteiger partial charge in [-0.05, 0) is 43.9 Å². The first-order chi connectivity index (χ1) is 7.90. The zero-order chi connectivity index (χ0) is 11.0. The summed E-state index contributed by atoms with van der Waals surface area (Å²) in [4.78, 5) is 0. The summed E-state index contributed by atoms with van der Waals surface area (Å²) in [7, 11) is 1.78. The predicted octanol–water partition coefficient (Wildman–Crippen LogP) is 2.48. The Labute approximate surface area is 97.0 Å². The number of methoxy groups -OCH3 is 1. The molecule has 3 rings (SSSR count). The van der Waals surface area contributed by atoms with Gasteiger partial charge in [-0.25, -0.2) is 0 Å². The Morgan fingerprint density at radius 1 is 1.31 bits per heavy atom. The summed E-state index contributed by atoms with van der Waals surface area (Å²) >= 11 is 0. The average molecular weight is 217 g/mol. The SMILES string of the molecule is COc1cccc2c1C(C1CCCN1)CC2. The Hall–Kier alpha value is -1.02. The van der Waals surface area contributed by atoms with E-state index in [4.69, 9.17) is 4.74 Å². The predicted molar refractivity (Wildman–Crippen MR) is 65.1 cm³/mol. The standard InChI is InChI=1S/C14H19NO/c1-16-13-6-2-4-10-7-8-11(14(10)13)12-5-3-9-15-12/h2,4,6,11-12,15H,3,5,7-9H2,1H3. The van der Waals surface area contributed by atoms with Crippen molar-refractivity contribution >= 4 is 0 Å². The van der Waals surface area contributed by atoms with Crippen molar-refractivity contribution in [1.29, 1.82) is 0 Å².